The summed E-state index contributed by atoms with van der Waals surface area (Å²) in [7, 11) is 2.89. The first-order valence-corrected chi connectivity index (χ1v) is 9.02. The van der Waals surface area contributed by atoms with Crippen LogP contribution in [0.4, 0.5) is 0 Å². The number of aromatic amines is 1. The van der Waals surface area contributed by atoms with E-state index in [1.54, 1.807) is 40.8 Å². The van der Waals surface area contributed by atoms with E-state index >= 15 is 0 Å². The molecule has 0 aliphatic rings. The molecule has 132 valence electrons. The average molecular weight is 366 g/mol. The van der Waals surface area contributed by atoms with E-state index < -0.39 is 10.9 Å². The van der Waals surface area contributed by atoms with Crippen molar-refractivity contribution >= 4 is 10.9 Å². The Labute approximate surface area is 153 Å². The topological polar surface area (TPSA) is 102 Å². The Hall–Kier alpha value is -3.02. The molecule has 2 N–H and O–H groups in total. The molecule has 0 amide bonds. The van der Waals surface area contributed by atoms with E-state index in [1.807, 2.05) is 27.1 Å². The number of benzene rings is 1. The second-order valence-corrected chi connectivity index (χ2v) is 7.66. The van der Waals surface area contributed by atoms with Crippen LogP contribution in [0.1, 0.15) is 11.3 Å². The second kappa shape index (κ2) is 7.07. The molecule has 0 spiro atoms. The zero-order valence-corrected chi connectivity index (χ0v) is 15.5. The van der Waals surface area contributed by atoms with Crippen molar-refractivity contribution in [3.8, 4) is 23.0 Å². The van der Waals surface area contributed by atoms with Gasteiger partial charge in [-0.2, -0.15) is 5.26 Å². The van der Waals surface area contributed by atoms with Crippen molar-refractivity contribution in [2.75, 3.05) is 14.1 Å². The minimum Gasteiger partial charge on any atom is -0.293 e. The molecule has 26 heavy (non-hydrogen) atoms. The van der Waals surface area contributed by atoms with Crippen LogP contribution in [0.5, 0.6) is 0 Å². The summed E-state index contributed by atoms with van der Waals surface area (Å²) in [5.74, 6) is 0.470. The molecule has 8 heteroatoms. The smallest absolute Gasteiger partial charge is 0.280 e. The number of pyridine rings is 1. The van der Waals surface area contributed by atoms with Crippen LogP contribution in [0.15, 0.2) is 52.3 Å². The third-order valence-electron chi connectivity index (χ3n) is 3.91. The number of aryl methyl sites for hydroxylation is 1. The van der Waals surface area contributed by atoms with Gasteiger partial charge in [0.2, 0.25) is 0 Å². The monoisotopic (exact) mass is 366 g/mol. The Morgan fingerprint density at radius 1 is 1.23 bits per heavy atom. The third kappa shape index (κ3) is 3.22. The van der Waals surface area contributed by atoms with Gasteiger partial charge in [-0.3, -0.25) is 14.7 Å². The second-order valence-electron chi connectivity index (χ2n) is 5.89. The predicted molar refractivity (Wildman–Crippen MR) is 101 cm³/mol. The fourth-order valence-corrected chi connectivity index (χ4v) is 3.36. The number of nitrogens with zero attached hydrogens (tertiary/aromatic N) is 4. The highest BCUT2D eigenvalue weighted by atomic mass is 32.2. The molecule has 0 aliphatic carbocycles. The van der Waals surface area contributed by atoms with E-state index in [2.05, 4.69) is 16.2 Å². The van der Waals surface area contributed by atoms with Gasteiger partial charge in [0.25, 0.3) is 5.56 Å². The quantitative estimate of drug-likeness (QED) is 0.741. The summed E-state index contributed by atoms with van der Waals surface area (Å²) in [6, 6.07) is 12.5. The van der Waals surface area contributed by atoms with E-state index in [-0.39, 0.29) is 5.56 Å². The maximum atomic E-state index is 12.9. The number of nitrogens with one attached hydrogen (secondary N) is 2. The fourth-order valence-electron chi connectivity index (χ4n) is 2.59. The van der Waals surface area contributed by atoms with Crippen molar-refractivity contribution in [2.45, 2.75) is 11.8 Å². The molecule has 3 rings (SSSR count). The molecule has 1 aromatic carbocycles. The Morgan fingerprint density at radius 2 is 1.92 bits per heavy atom. The van der Waals surface area contributed by atoms with E-state index in [0.717, 1.165) is 16.2 Å². The van der Waals surface area contributed by atoms with Gasteiger partial charge in [-0.05, 0) is 61.7 Å². The summed E-state index contributed by atoms with van der Waals surface area (Å²) in [5, 5.41) is 12.0. The number of H-pyrrole nitrogens is 1. The van der Waals surface area contributed by atoms with Gasteiger partial charge < -0.3 is 0 Å². The predicted octanol–water partition coefficient (Wildman–Crippen LogP) is 2.62. The van der Waals surface area contributed by atoms with Crippen molar-refractivity contribution in [3.05, 3.63) is 64.2 Å². The van der Waals surface area contributed by atoms with E-state index in [9.17, 15) is 4.79 Å². The lowest BCUT2D eigenvalue weighted by Gasteiger charge is -2.12. The van der Waals surface area contributed by atoms with Crippen LogP contribution in [-0.2, 0) is 10.9 Å². The number of nitriles is 1. The molecule has 2 heterocycles. The van der Waals surface area contributed by atoms with Gasteiger partial charge in [-0.15, -0.1) is 0 Å². The molecule has 0 saturated heterocycles. The van der Waals surface area contributed by atoms with Gasteiger partial charge in [0.05, 0.1) is 22.1 Å². The molecule has 1 atom stereocenters. The molecule has 3 aromatic rings. The number of hydrogen-bond acceptors (Lipinski definition) is 4. The van der Waals surface area contributed by atoms with Crippen molar-refractivity contribution in [1.29, 1.82) is 10.0 Å². The normalized spacial score (nSPS) is 12.1. The van der Waals surface area contributed by atoms with Crippen LogP contribution in [0.3, 0.4) is 0 Å². The lowest BCUT2D eigenvalue weighted by atomic mass is 10.1. The molecule has 0 aliphatic heterocycles. The Kier molecular flexibility index (Phi) is 4.84. The van der Waals surface area contributed by atoms with E-state index in [4.69, 9.17) is 10.0 Å². The minimum atomic E-state index is -0.790. The largest absolute Gasteiger partial charge is 0.293 e. The molecule has 2 aromatic heterocycles. The molecule has 0 radical (unpaired) electrons. The first-order valence-electron chi connectivity index (χ1n) is 7.84. The summed E-state index contributed by atoms with van der Waals surface area (Å²) < 4.78 is 11.3. The molecule has 1 unspecified atom stereocenters. The third-order valence-corrected chi connectivity index (χ3v) is 5.33. The average Bonchev–Trinajstić information content (AvgIpc) is 2.95. The summed E-state index contributed by atoms with van der Waals surface area (Å²) in [6.07, 6.45) is 1.62. The summed E-state index contributed by atoms with van der Waals surface area (Å²) in [6.45, 7) is 1.83. The molecule has 0 saturated carbocycles. The molecule has 0 bridgehead atoms. The van der Waals surface area contributed by atoms with Crippen molar-refractivity contribution in [2.24, 2.45) is 0 Å². The van der Waals surface area contributed by atoms with Crippen molar-refractivity contribution in [1.82, 2.24) is 19.1 Å². The standard InChI is InChI=1S/C18H18N6OS/c1-12-17(14-6-4-13(10-19)5-7-14)18(25)24(22-12)16-9-8-15(11-21-16)26(20)23(2)3/h4-9,11,20,22H,1-3H3. The maximum Gasteiger partial charge on any atom is 0.280 e. The van der Waals surface area contributed by atoms with Crippen molar-refractivity contribution in [3.63, 3.8) is 0 Å². The van der Waals surface area contributed by atoms with Crippen LogP contribution in [-0.4, -0.2) is 33.2 Å². The highest BCUT2D eigenvalue weighted by Gasteiger charge is 2.15. The van der Waals surface area contributed by atoms with E-state index in [1.165, 1.54) is 4.68 Å². The van der Waals surface area contributed by atoms with Crippen LogP contribution >= 0.6 is 0 Å². The van der Waals surface area contributed by atoms with Crippen LogP contribution in [0, 0.1) is 23.0 Å². The first-order chi connectivity index (χ1) is 12.4. The molecule has 7 nitrogen and oxygen atoms in total. The van der Waals surface area contributed by atoms with Crippen LogP contribution < -0.4 is 5.56 Å². The molecular formula is C18H18N6OS. The molecular weight excluding hydrogens is 348 g/mol. The minimum absolute atomic E-state index is 0.204. The lowest BCUT2D eigenvalue weighted by molar-refractivity contribution is 0.688. The summed E-state index contributed by atoms with van der Waals surface area (Å²) in [4.78, 5) is 18.0. The maximum absolute atomic E-state index is 12.9. The Morgan fingerprint density at radius 3 is 2.46 bits per heavy atom. The van der Waals surface area contributed by atoms with Gasteiger partial charge >= 0.3 is 0 Å². The Bertz CT molecular complexity index is 1060. The van der Waals surface area contributed by atoms with Gasteiger partial charge in [-0.25, -0.2) is 14.0 Å². The van der Waals surface area contributed by atoms with Gasteiger partial charge in [0.1, 0.15) is 0 Å². The zero-order chi connectivity index (χ0) is 18.8. The van der Waals surface area contributed by atoms with Crippen molar-refractivity contribution < 1.29 is 0 Å². The fraction of sp³-hybridized carbons (Fsp3) is 0.167. The van der Waals surface area contributed by atoms with Gasteiger partial charge in [0.15, 0.2) is 5.82 Å². The van der Waals surface area contributed by atoms with Gasteiger partial charge in [0, 0.05) is 11.9 Å². The number of rotatable bonds is 4. The first kappa shape index (κ1) is 17.8. The summed E-state index contributed by atoms with van der Waals surface area (Å²) >= 11 is 0. The lowest BCUT2D eigenvalue weighted by Crippen LogP contribution is -2.18. The van der Waals surface area contributed by atoms with Gasteiger partial charge in [-0.1, -0.05) is 12.1 Å². The number of aromatic nitrogens is 3. The highest BCUT2D eigenvalue weighted by molar-refractivity contribution is 7.83. The SMILES string of the molecule is Cc1[nH]n(-c2ccc(S(=N)N(C)C)cn2)c(=O)c1-c1ccc(C#N)cc1. The highest BCUT2D eigenvalue weighted by Crippen LogP contribution is 2.20. The van der Waals surface area contributed by atoms with E-state index in [0.29, 0.717) is 16.9 Å². The Balaban J connectivity index is 2.01. The van der Waals surface area contributed by atoms with Crippen LogP contribution in [0.25, 0.3) is 16.9 Å². The molecule has 0 fully saturated rings. The number of hydrogen-bond donors (Lipinski definition) is 2. The summed E-state index contributed by atoms with van der Waals surface area (Å²) in [5.41, 5.74) is 2.36. The zero-order valence-electron chi connectivity index (χ0n) is 14.6. The van der Waals surface area contributed by atoms with Crippen LogP contribution in [0.2, 0.25) is 0 Å².